The Hall–Kier alpha value is -4.40. The number of amides is 1. The monoisotopic (exact) mass is 434 g/mol. The largest absolute Gasteiger partial charge is 0.865 e. The van der Waals surface area contributed by atoms with Gasteiger partial charge in [-0.15, -0.1) is 0 Å². The minimum Gasteiger partial charge on any atom is -0.865 e. The van der Waals surface area contributed by atoms with Crippen molar-refractivity contribution in [3.05, 3.63) is 82.4 Å². The van der Waals surface area contributed by atoms with Crippen LogP contribution in [0.2, 0.25) is 0 Å². The van der Waals surface area contributed by atoms with Crippen molar-refractivity contribution in [2.24, 2.45) is 5.10 Å². The van der Waals surface area contributed by atoms with Crippen molar-refractivity contribution < 1.29 is 24.3 Å². The molecule has 3 aromatic carbocycles. The molecule has 9 nitrogen and oxygen atoms in total. The van der Waals surface area contributed by atoms with Gasteiger partial charge in [-0.3, -0.25) is 14.9 Å². The van der Waals surface area contributed by atoms with Crippen molar-refractivity contribution in [1.29, 1.82) is 0 Å². The number of nitrogens with zero attached hydrogens (tertiary/aromatic N) is 2. The van der Waals surface area contributed by atoms with Crippen LogP contribution in [-0.4, -0.2) is 30.3 Å². The molecule has 0 spiro atoms. The second-order valence-corrected chi connectivity index (χ2v) is 6.53. The number of ether oxygens (including phenoxy) is 2. The molecular weight excluding hydrogens is 414 g/mol. The lowest BCUT2D eigenvalue weighted by Gasteiger charge is -2.14. The highest BCUT2D eigenvalue weighted by Crippen LogP contribution is 2.34. The van der Waals surface area contributed by atoms with E-state index in [1.54, 1.807) is 19.1 Å². The van der Waals surface area contributed by atoms with Crippen molar-refractivity contribution in [2.75, 3.05) is 13.2 Å². The number of hydrogen-bond donors (Lipinski definition) is 1. The van der Waals surface area contributed by atoms with Gasteiger partial charge in [-0.05, 0) is 36.2 Å². The second kappa shape index (κ2) is 10.6. The van der Waals surface area contributed by atoms with Crippen molar-refractivity contribution >= 4 is 17.8 Å². The number of carbonyl (C=O) groups is 1. The molecule has 0 aliphatic rings. The van der Waals surface area contributed by atoms with Crippen LogP contribution in [-0.2, 0) is 4.79 Å². The molecule has 0 bridgehead atoms. The number of nitrogens with one attached hydrogen (secondary N) is 1. The molecule has 0 aliphatic heterocycles. The fourth-order valence-corrected chi connectivity index (χ4v) is 2.82. The minimum atomic E-state index is -0.815. The number of benzene rings is 3. The number of nitro benzene ring substituents is 1. The first kappa shape index (κ1) is 22.3. The van der Waals surface area contributed by atoms with Gasteiger partial charge in [0.15, 0.2) is 6.61 Å². The van der Waals surface area contributed by atoms with E-state index in [0.717, 1.165) is 17.2 Å². The molecule has 0 aliphatic carbocycles. The zero-order valence-electron chi connectivity index (χ0n) is 17.2. The van der Waals surface area contributed by atoms with Gasteiger partial charge in [0.2, 0.25) is 0 Å². The Kier molecular flexibility index (Phi) is 7.37. The molecular formula is C23H20N3O6-. The molecule has 3 aromatic rings. The predicted molar refractivity (Wildman–Crippen MR) is 117 cm³/mol. The van der Waals surface area contributed by atoms with Crippen molar-refractivity contribution in [2.45, 2.75) is 6.92 Å². The number of nitro groups is 1. The summed E-state index contributed by atoms with van der Waals surface area (Å²) in [5.74, 6) is -0.971. The maximum absolute atomic E-state index is 12.0. The Morgan fingerprint density at radius 2 is 1.75 bits per heavy atom. The molecule has 0 fully saturated rings. The van der Waals surface area contributed by atoms with Gasteiger partial charge in [0.05, 0.1) is 17.7 Å². The summed E-state index contributed by atoms with van der Waals surface area (Å²) in [5.41, 5.74) is 3.97. The van der Waals surface area contributed by atoms with Gasteiger partial charge in [0, 0.05) is 17.4 Å². The summed E-state index contributed by atoms with van der Waals surface area (Å²) >= 11 is 0. The third-order valence-corrected chi connectivity index (χ3v) is 4.29. The lowest BCUT2D eigenvalue weighted by atomic mass is 10.1. The summed E-state index contributed by atoms with van der Waals surface area (Å²) in [6.07, 6.45) is 1.18. The van der Waals surface area contributed by atoms with E-state index in [-0.39, 0.29) is 24.5 Å². The normalized spacial score (nSPS) is 10.7. The molecule has 0 unspecified atom stereocenters. The second-order valence-electron chi connectivity index (χ2n) is 6.53. The molecule has 0 aromatic heterocycles. The lowest BCUT2D eigenvalue weighted by Crippen LogP contribution is -2.24. The summed E-state index contributed by atoms with van der Waals surface area (Å²) in [6.45, 7) is 1.56. The Bertz CT molecular complexity index is 1110. The average molecular weight is 434 g/mol. The van der Waals surface area contributed by atoms with Crippen molar-refractivity contribution in [1.82, 2.24) is 5.43 Å². The Morgan fingerprint density at radius 3 is 2.41 bits per heavy atom. The third kappa shape index (κ3) is 5.82. The van der Waals surface area contributed by atoms with Gasteiger partial charge in [-0.1, -0.05) is 42.5 Å². The highest BCUT2D eigenvalue weighted by Gasteiger charge is 2.13. The first-order valence-corrected chi connectivity index (χ1v) is 9.70. The molecule has 0 radical (unpaired) electrons. The summed E-state index contributed by atoms with van der Waals surface area (Å²) in [6, 6.07) is 19.5. The summed E-state index contributed by atoms with van der Waals surface area (Å²) < 4.78 is 10.6. The van der Waals surface area contributed by atoms with Crippen LogP contribution in [0.3, 0.4) is 0 Å². The van der Waals surface area contributed by atoms with E-state index < -0.39 is 22.3 Å². The molecule has 0 atom stereocenters. The van der Waals surface area contributed by atoms with Crippen LogP contribution in [0.1, 0.15) is 12.5 Å². The van der Waals surface area contributed by atoms with Crippen LogP contribution >= 0.6 is 0 Å². The molecule has 9 heteroatoms. The number of hydrogen-bond acceptors (Lipinski definition) is 7. The Labute approximate surface area is 184 Å². The summed E-state index contributed by atoms with van der Waals surface area (Å²) in [4.78, 5) is 22.2. The van der Waals surface area contributed by atoms with Crippen LogP contribution in [0.25, 0.3) is 11.1 Å². The quantitative estimate of drug-likeness (QED) is 0.313. The maximum atomic E-state index is 12.0. The van der Waals surface area contributed by atoms with Gasteiger partial charge in [0.1, 0.15) is 11.5 Å². The van der Waals surface area contributed by atoms with Crippen LogP contribution in [0.5, 0.6) is 17.2 Å². The van der Waals surface area contributed by atoms with E-state index in [0.29, 0.717) is 5.75 Å². The highest BCUT2D eigenvalue weighted by molar-refractivity contribution is 5.85. The van der Waals surface area contributed by atoms with Gasteiger partial charge in [0.25, 0.3) is 11.6 Å². The zero-order chi connectivity index (χ0) is 22.9. The molecule has 0 saturated heterocycles. The zero-order valence-corrected chi connectivity index (χ0v) is 17.2. The molecule has 32 heavy (non-hydrogen) atoms. The fourth-order valence-electron chi connectivity index (χ4n) is 2.82. The highest BCUT2D eigenvalue weighted by atomic mass is 16.6. The van der Waals surface area contributed by atoms with E-state index in [4.69, 9.17) is 9.47 Å². The first-order valence-electron chi connectivity index (χ1n) is 9.70. The van der Waals surface area contributed by atoms with E-state index in [1.807, 2.05) is 42.5 Å². The van der Waals surface area contributed by atoms with Crippen LogP contribution in [0, 0.1) is 10.1 Å². The standard InChI is InChI=1S/C23H21N3O6/c1-2-31-21-13-16(12-20(23(21)28)26(29)30)14-24-25-22(27)15-32-19-10-8-18(9-11-19)17-6-4-3-5-7-17/h3-14,28H,2,15H2,1H3,(H,25,27)/p-1/b24-14-. The van der Waals surface area contributed by atoms with Gasteiger partial charge < -0.3 is 14.6 Å². The fraction of sp³-hybridized carbons (Fsp3) is 0.130. The van der Waals surface area contributed by atoms with Gasteiger partial charge in [-0.25, -0.2) is 5.43 Å². The Balaban J connectivity index is 1.56. The SMILES string of the molecule is CCOc1cc(/C=N\NC(=O)COc2ccc(-c3ccccc3)cc2)cc([N+](=O)[O-])c1[O-]. The first-order chi connectivity index (χ1) is 15.5. The van der Waals surface area contributed by atoms with E-state index in [9.17, 15) is 20.0 Å². The minimum absolute atomic E-state index is 0.156. The maximum Gasteiger partial charge on any atom is 0.277 e. The third-order valence-electron chi connectivity index (χ3n) is 4.29. The van der Waals surface area contributed by atoms with Crippen molar-refractivity contribution in [3.63, 3.8) is 0 Å². The lowest BCUT2D eigenvalue weighted by molar-refractivity contribution is -0.398. The van der Waals surface area contributed by atoms with E-state index in [1.165, 1.54) is 12.3 Å². The number of hydrazone groups is 1. The van der Waals surface area contributed by atoms with Gasteiger partial charge in [-0.2, -0.15) is 5.10 Å². The predicted octanol–water partition coefficient (Wildman–Crippen LogP) is 3.26. The Morgan fingerprint density at radius 1 is 1.06 bits per heavy atom. The molecule has 1 amide bonds. The number of carbonyl (C=O) groups excluding carboxylic acids is 1. The van der Waals surface area contributed by atoms with E-state index >= 15 is 0 Å². The summed E-state index contributed by atoms with van der Waals surface area (Å²) in [7, 11) is 0. The summed E-state index contributed by atoms with van der Waals surface area (Å²) in [5, 5.41) is 26.8. The smallest absolute Gasteiger partial charge is 0.277 e. The topological polar surface area (TPSA) is 126 Å². The van der Waals surface area contributed by atoms with Crippen LogP contribution < -0.4 is 20.0 Å². The van der Waals surface area contributed by atoms with E-state index in [2.05, 4.69) is 10.5 Å². The van der Waals surface area contributed by atoms with Gasteiger partial charge >= 0.3 is 0 Å². The molecule has 3 rings (SSSR count). The molecule has 0 saturated carbocycles. The number of rotatable bonds is 9. The van der Waals surface area contributed by atoms with Crippen molar-refractivity contribution in [3.8, 4) is 28.4 Å². The molecule has 0 heterocycles. The average Bonchev–Trinajstić information content (AvgIpc) is 2.80. The van der Waals surface area contributed by atoms with Crippen LogP contribution in [0.4, 0.5) is 5.69 Å². The van der Waals surface area contributed by atoms with Crippen LogP contribution in [0.15, 0.2) is 71.8 Å². The molecule has 164 valence electrons. The molecule has 1 N–H and O–H groups in total.